The highest BCUT2D eigenvalue weighted by Crippen LogP contribution is 2.75. The van der Waals surface area contributed by atoms with Crippen LogP contribution in [0.5, 0.6) is 0 Å². The molecule has 5 heteroatoms. The number of aliphatic carboxylic acids is 1. The molecule has 5 nitrogen and oxygen atoms in total. The number of carboxylic acid groups (broad SMARTS) is 1. The number of ether oxygens (including phenoxy) is 1. The highest BCUT2D eigenvalue weighted by molar-refractivity contribution is 5.96. The average molecular weight is 513 g/mol. The molecular weight excluding hydrogens is 464 g/mol. The monoisotopic (exact) mass is 512 g/mol. The number of ketones is 1. The maximum atomic E-state index is 14.4. The minimum Gasteiger partial charge on any atom is -0.481 e. The summed E-state index contributed by atoms with van der Waals surface area (Å²) < 4.78 is 5.82. The van der Waals surface area contributed by atoms with Gasteiger partial charge < -0.3 is 9.84 Å². The number of esters is 1. The Labute approximate surface area is 223 Å². The van der Waals surface area contributed by atoms with Gasteiger partial charge in [-0.3, -0.25) is 14.4 Å². The standard InChI is InChI=1S/C32H48O5/c1-18-9-14-32(27(35)36)16-15-30(7)21(25(32)19(18)2)17-22(34)26-29(6)12-11-24(37-20(3)33)28(4,5)23(29)10-13-31(26,30)8/h17-19,23-26H,9-16H2,1-8H3,(H,35,36)/t18-,19+,23?,24-,25?,26?,29+,30-,31-,32+/m1/s1. The van der Waals surface area contributed by atoms with Crippen molar-refractivity contribution in [1.82, 2.24) is 0 Å². The molecule has 3 unspecified atom stereocenters. The van der Waals surface area contributed by atoms with Crippen molar-refractivity contribution < 1.29 is 24.2 Å². The quantitative estimate of drug-likeness (QED) is 0.410. The van der Waals surface area contributed by atoms with Crippen molar-refractivity contribution in [2.75, 3.05) is 0 Å². The van der Waals surface area contributed by atoms with E-state index in [2.05, 4.69) is 48.5 Å². The van der Waals surface area contributed by atoms with Crippen molar-refractivity contribution in [3.05, 3.63) is 11.6 Å². The molecule has 5 aliphatic carbocycles. The second-order valence-electron chi connectivity index (χ2n) is 15.1. The molecule has 206 valence electrons. The fourth-order valence-electron chi connectivity index (χ4n) is 11.1. The summed E-state index contributed by atoms with van der Waals surface area (Å²) in [5, 5.41) is 10.6. The molecule has 0 radical (unpaired) electrons. The summed E-state index contributed by atoms with van der Waals surface area (Å²) in [4.78, 5) is 39.1. The zero-order valence-corrected chi connectivity index (χ0v) is 24.3. The predicted molar refractivity (Wildman–Crippen MR) is 143 cm³/mol. The summed E-state index contributed by atoms with van der Waals surface area (Å²) in [6.07, 6.45) is 8.65. The van der Waals surface area contributed by atoms with E-state index in [4.69, 9.17) is 4.74 Å². The van der Waals surface area contributed by atoms with E-state index in [0.717, 1.165) is 44.1 Å². The van der Waals surface area contributed by atoms with E-state index in [1.165, 1.54) is 6.92 Å². The van der Waals surface area contributed by atoms with E-state index in [-0.39, 0.29) is 63.2 Å². The first kappa shape index (κ1) is 26.9. The summed E-state index contributed by atoms with van der Waals surface area (Å²) in [5.41, 5.74) is -0.378. The van der Waals surface area contributed by atoms with Gasteiger partial charge in [0.2, 0.25) is 0 Å². The van der Waals surface area contributed by atoms with Gasteiger partial charge in [0, 0.05) is 18.3 Å². The van der Waals surface area contributed by atoms with Crippen LogP contribution in [0.25, 0.3) is 0 Å². The van der Waals surface area contributed by atoms with Gasteiger partial charge in [0.1, 0.15) is 6.10 Å². The van der Waals surface area contributed by atoms with Crippen molar-refractivity contribution >= 4 is 17.7 Å². The summed E-state index contributed by atoms with van der Waals surface area (Å²) in [6, 6.07) is 0. The molecule has 4 saturated carbocycles. The Morgan fingerprint density at radius 3 is 2.24 bits per heavy atom. The molecule has 5 aliphatic rings. The molecule has 4 fully saturated rings. The van der Waals surface area contributed by atoms with Gasteiger partial charge in [-0.15, -0.1) is 0 Å². The maximum absolute atomic E-state index is 14.4. The number of hydrogen-bond donors (Lipinski definition) is 1. The average Bonchev–Trinajstić information content (AvgIpc) is 2.79. The highest BCUT2D eigenvalue weighted by Gasteiger charge is 2.71. The van der Waals surface area contributed by atoms with Crippen molar-refractivity contribution in [3.63, 3.8) is 0 Å². The zero-order chi connectivity index (χ0) is 27.3. The molecule has 0 aromatic carbocycles. The Hall–Kier alpha value is -1.65. The first-order chi connectivity index (χ1) is 17.1. The topological polar surface area (TPSA) is 80.7 Å². The summed E-state index contributed by atoms with van der Waals surface area (Å²) in [5.74, 6) is 0.135. The van der Waals surface area contributed by atoms with Crippen LogP contribution in [0.1, 0.15) is 107 Å². The second kappa shape index (κ2) is 8.18. The summed E-state index contributed by atoms with van der Waals surface area (Å²) in [6.45, 7) is 17.5. The zero-order valence-electron chi connectivity index (χ0n) is 24.3. The van der Waals surface area contributed by atoms with Crippen LogP contribution in [0.3, 0.4) is 0 Å². The Morgan fingerprint density at radius 2 is 1.62 bits per heavy atom. The van der Waals surface area contributed by atoms with Gasteiger partial charge in [0.05, 0.1) is 5.41 Å². The van der Waals surface area contributed by atoms with Crippen LogP contribution >= 0.6 is 0 Å². The SMILES string of the molecule is CC(=O)O[C@@H]1CC[C@@]2(C)C(CC[C@]3(C)C2C(=O)C=C2C4[C@@H](C)[C@H](C)CC[C@]4(C(=O)O)CC[C@]23C)C1(C)C. The number of fused-ring (bicyclic) bond motifs is 7. The number of carboxylic acids is 1. The molecule has 37 heavy (non-hydrogen) atoms. The first-order valence-electron chi connectivity index (χ1n) is 14.7. The van der Waals surface area contributed by atoms with E-state index >= 15 is 0 Å². The molecule has 0 bridgehead atoms. The number of carbonyl (C=O) groups excluding carboxylic acids is 2. The largest absolute Gasteiger partial charge is 0.481 e. The molecule has 10 atom stereocenters. The third-order valence-corrected chi connectivity index (χ3v) is 13.4. The summed E-state index contributed by atoms with van der Waals surface area (Å²) in [7, 11) is 0. The molecule has 0 aliphatic heterocycles. The van der Waals surface area contributed by atoms with E-state index in [0.29, 0.717) is 18.8 Å². The van der Waals surface area contributed by atoms with Crippen LogP contribution in [0.2, 0.25) is 0 Å². The molecular formula is C32H48O5. The second-order valence-corrected chi connectivity index (χ2v) is 15.1. The Kier molecular flexibility index (Phi) is 5.95. The van der Waals surface area contributed by atoms with E-state index in [1.54, 1.807) is 0 Å². The molecule has 0 saturated heterocycles. The Bertz CT molecular complexity index is 1060. The molecule has 0 aromatic rings. The van der Waals surface area contributed by atoms with E-state index in [1.807, 2.05) is 6.08 Å². The summed E-state index contributed by atoms with van der Waals surface area (Å²) >= 11 is 0. The number of carbonyl (C=O) groups is 3. The third-order valence-electron chi connectivity index (χ3n) is 13.4. The number of hydrogen-bond acceptors (Lipinski definition) is 4. The molecule has 0 spiro atoms. The molecule has 1 N–H and O–H groups in total. The van der Waals surface area contributed by atoms with Crippen LogP contribution in [0.4, 0.5) is 0 Å². The first-order valence-corrected chi connectivity index (χ1v) is 14.7. The van der Waals surface area contributed by atoms with Crippen LogP contribution in [0, 0.1) is 56.7 Å². The van der Waals surface area contributed by atoms with Gasteiger partial charge in [-0.25, -0.2) is 0 Å². The van der Waals surface area contributed by atoms with Crippen LogP contribution in [-0.2, 0) is 19.1 Å². The lowest BCUT2D eigenvalue weighted by molar-refractivity contribution is -0.212. The Balaban J connectivity index is 1.62. The molecule has 5 rings (SSSR count). The van der Waals surface area contributed by atoms with Crippen molar-refractivity contribution in [2.24, 2.45) is 56.7 Å². The van der Waals surface area contributed by atoms with Crippen molar-refractivity contribution in [3.8, 4) is 0 Å². The van der Waals surface area contributed by atoms with Gasteiger partial charge in [0.25, 0.3) is 0 Å². The van der Waals surface area contributed by atoms with Crippen molar-refractivity contribution in [2.45, 2.75) is 113 Å². The van der Waals surface area contributed by atoms with E-state index in [9.17, 15) is 19.5 Å². The highest BCUT2D eigenvalue weighted by atomic mass is 16.5. The smallest absolute Gasteiger partial charge is 0.310 e. The van der Waals surface area contributed by atoms with E-state index < -0.39 is 11.4 Å². The number of rotatable bonds is 2. The number of allylic oxidation sites excluding steroid dienone is 2. The van der Waals surface area contributed by atoms with Gasteiger partial charge in [-0.05, 0) is 97.4 Å². The molecule has 0 amide bonds. The molecule has 0 aromatic heterocycles. The van der Waals surface area contributed by atoms with Gasteiger partial charge >= 0.3 is 11.9 Å². The lowest BCUT2D eigenvalue weighted by Crippen LogP contribution is -2.67. The minimum absolute atomic E-state index is 0.0732. The lowest BCUT2D eigenvalue weighted by atomic mass is 9.33. The van der Waals surface area contributed by atoms with Gasteiger partial charge in [-0.2, -0.15) is 0 Å². The third kappa shape index (κ3) is 3.30. The fourth-order valence-corrected chi connectivity index (χ4v) is 11.1. The lowest BCUT2D eigenvalue weighted by Gasteiger charge is -2.70. The Morgan fingerprint density at radius 1 is 0.946 bits per heavy atom. The van der Waals surface area contributed by atoms with Crippen LogP contribution in [-0.4, -0.2) is 28.9 Å². The molecule has 0 heterocycles. The van der Waals surface area contributed by atoms with Crippen LogP contribution in [0.15, 0.2) is 11.6 Å². The maximum Gasteiger partial charge on any atom is 0.310 e. The normalized spacial score (nSPS) is 50.5. The van der Waals surface area contributed by atoms with Crippen LogP contribution < -0.4 is 0 Å². The van der Waals surface area contributed by atoms with Gasteiger partial charge in [-0.1, -0.05) is 54.0 Å². The predicted octanol–water partition coefficient (Wildman–Crippen LogP) is 6.84. The minimum atomic E-state index is -0.744. The fraction of sp³-hybridized carbons (Fsp3) is 0.844. The van der Waals surface area contributed by atoms with Crippen molar-refractivity contribution in [1.29, 1.82) is 0 Å². The van der Waals surface area contributed by atoms with Gasteiger partial charge in [0.15, 0.2) is 5.78 Å².